The van der Waals surface area contributed by atoms with Crippen molar-refractivity contribution >= 4 is 16.0 Å². The van der Waals surface area contributed by atoms with Gasteiger partial charge in [-0.2, -0.15) is 0 Å². The molecule has 1 rings (SSSR count). The van der Waals surface area contributed by atoms with Gasteiger partial charge in [0.2, 0.25) is 10.0 Å². The van der Waals surface area contributed by atoms with Crippen LogP contribution >= 0.6 is 0 Å². The van der Waals surface area contributed by atoms with E-state index < -0.39 is 16.0 Å². The van der Waals surface area contributed by atoms with Gasteiger partial charge in [-0.05, 0) is 20.3 Å². The van der Waals surface area contributed by atoms with E-state index in [4.69, 9.17) is 14.3 Å². The highest BCUT2D eigenvalue weighted by Gasteiger charge is 2.30. The van der Waals surface area contributed by atoms with Crippen LogP contribution in [0.25, 0.3) is 0 Å². The molecule has 0 bridgehead atoms. The van der Waals surface area contributed by atoms with Crippen molar-refractivity contribution in [1.82, 2.24) is 4.72 Å². The molecule has 0 radical (unpaired) electrons. The molecule has 2 N–H and O–H groups in total. The summed E-state index contributed by atoms with van der Waals surface area (Å²) in [6.07, 6.45) is 0.494. The zero-order chi connectivity index (χ0) is 14.6. The van der Waals surface area contributed by atoms with Gasteiger partial charge in [-0.25, -0.2) is 17.9 Å². The maximum atomic E-state index is 12.1. The minimum atomic E-state index is -3.91. The Kier molecular flexibility index (Phi) is 5.10. The molecule has 0 atom stereocenters. The maximum Gasteiger partial charge on any atom is 0.340 e. The molecular formula is C11H17NO6S. The van der Waals surface area contributed by atoms with Crippen molar-refractivity contribution < 1.29 is 27.5 Å². The molecule has 0 spiro atoms. The number of nitrogens with one attached hydrogen (secondary N) is 1. The van der Waals surface area contributed by atoms with Crippen molar-refractivity contribution in [1.29, 1.82) is 0 Å². The molecule has 108 valence electrons. The third-order valence-corrected chi connectivity index (χ3v) is 4.12. The van der Waals surface area contributed by atoms with E-state index >= 15 is 0 Å². The Morgan fingerprint density at radius 2 is 2.00 bits per heavy atom. The Bertz CT molecular complexity index is 560. The SMILES string of the molecule is COCCCNS(=O)(=O)c1c(C)oc(C)c1C(=O)O. The van der Waals surface area contributed by atoms with Crippen LogP contribution in [0.3, 0.4) is 0 Å². The molecular weight excluding hydrogens is 274 g/mol. The zero-order valence-electron chi connectivity index (χ0n) is 11.0. The Hall–Kier alpha value is -1.38. The average Bonchev–Trinajstić information content (AvgIpc) is 2.60. The summed E-state index contributed by atoms with van der Waals surface area (Å²) in [5.74, 6) is -1.19. The van der Waals surface area contributed by atoms with Gasteiger partial charge >= 0.3 is 5.97 Å². The molecule has 19 heavy (non-hydrogen) atoms. The van der Waals surface area contributed by atoms with Crippen molar-refractivity contribution in [2.75, 3.05) is 20.3 Å². The molecule has 0 aliphatic rings. The molecule has 7 nitrogen and oxygen atoms in total. The quantitative estimate of drug-likeness (QED) is 0.723. The number of aromatic carboxylic acids is 1. The van der Waals surface area contributed by atoms with Crippen LogP contribution in [0, 0.1) is 13.8 Å². The highest BCUT2D eigenvalue weighted by molar-refractivity contribution is 7.89. The number of carboxylic acids is 1. The lowest BCUT2D eigenvalue weighted by Crippen LogP contribution is -2.27. The standard InChI is InChI=1S/C11H17NO6S/c1-7-9(11(13)14)10(8(2)18-7)19(15,16)12-5-4-6-17-3/h12H,4-6H2,1-3H3,(H,13,14). The van der Waals surface area contributed by atoms with E-state index in [9.17, 15) is 13.2 Å². The number of furan rings is 1. The second kappa shape index (κ2) is 6.18. The van der Waals surface area contributed by atoms with E-state index in [0.717, 1.165) is 0 Å². The number of carbonyl (C=O) groups is 1. The number of ether oxygens (including phenoxy) is 1. The predicted octanol–water partition coefficient (Wildman–Crippen LogP) is 0.909. The molecule has 0 aliphatic heterocycles. The lowest BCUT2D eigenvalue weighted by molar-refractivity contribution is 0.0691. The Morgan fingerprint density at radius 1 is 1.37 bits per heavy atom. The van der Waals surface area contributed by atoms with Gasteiger partial charge in [-0.15, -0.1) is 0 Å². The highest BCUT2D eigenvalue weighted by atomic mass is 32.2. The normalized spacial score (nSPS) is 11.7. The van der Waals surface area contributed by atoms with Crippen LogP contribution in [0.1, 0.15) is 28.3 Å². The smallest absolute Gasteiger partial charge is 0.340 e. The molecule has 0 saturated heterocycles. The zero-order valence-corrected chi connectivity index (χ0v) is 11.8. The van der Waals surface area contributed by atoms with Crippen LogP contribution in [0.15, 0.2) is 9.31 Å². The van der Waals surface area contributed by atoms with Gasteiger partial charge in [-0.1, -0.05) is 0 Å². The number of methoxy groups -OCH3 is 1. The largest absolute Gasteiger partial charge is 0.478 e. The molecule has 8 heteroatoms. The van der Waals surface area contributed by atoms with Gasteiger partial charge in [0.1, 0.15) is 22.0 Å². The van der Waals surface area contributed by atoms with E-state index in [1.54, 1.807) is 0 Å². The first kappa shape index (κ1) is 15.7. The molecule has 1 heterocycles. The number of hydrogen-bond acceptors (Lipinski definition) is 5. The van der Waals surface area contributed by atoms with Crippen molar-refractivity contribution in [3.05, 3.63) is 17.1 Å². The number of rotatable bonds is 7. The molecule has 0 saturated carbocycles. The van der Waals surface area contributed by atoms with Gasteiger partial charge in [-0.3, -0.25) is 0 Å². The maximum absolute atomic E-state index is 12.1. The fourth-order valence-electron chi connectivity index (χ4n) is 1.73. The van der Waals surface area contributed by atoms with E-state index in [0.29, 0.717) is 13.0 Å². The van der Waals surface area contributed by atoms with E-state index in [1.807, 2.05) is 0 Å². The van der Waals surface area contributed by atoms with Crippen molar-refractivity contribution in [2.45, 2.75) is 25.2 Å². The summed E-state index contributed by atoms with van der Waals surface area (Å²) in [5.41, 5.74) is -0.322. The fourth-order valence-corrected chi connectivity index (χ4v) is 3.21. The van der Waals surface area contributed by atoms with Crippen molar-refractivity contribution in [3.8, 4) is 0 Å². The minimum absolute atomic E-state index is 0.0640. The van der Waals surface area contributed by atoms with E-state index in [-0.39, 0.29) is 28.5 Å². The molecule has 0 unspecified atom stereocenters. The fraction of sp³-hybridized carbons (Fsp3) is 0.545. The number of carboxylic acid groups (broad SMARTS) is 1. The third-order valence-electron chi connectivity index (χ3n) is 2.50. The lowest BCUT2D eigenvalue weighted by Gasteiger charge is -2.06. The Labute approximate surface area is 111 Å². The molecule has 1 aromatic rings. The first-order valence-electron chi connectivity index (χ1n) is 5.63. The van der Waals surface area contributed by atoms with Gasteiger partial charge in [0.05, 0.1) is 0 Å². The van der Waals surface area contributed by atoms with E-state index in [2.05, 4.69) is 4.72 Å². The Balaban J connectivity index is 3.04. The monoisotopic (exact) mass is 291 g/mol. The van der Waals surface area contributed by atoms with Crippen LogP contribution in [-0.4, -0.2) is 39.8 Å². The second-order valence-corrected chi connectivity index (χ2v) is 5.67. The van der Waals surface area contributed by atoms with Crippen LogP contribution in [-0.2, 0) is 14.8 Å². The summed E-state index contributed by atoms with van der Waals surface area (Å²) in [4.78, 5) is 10.8. The summed E-state index contributed by atoms with van der Waals surface area (Å²) < 4.78 is 36.4. The number of aryl methyl sites for hydroxylation is 2. The third kappa shape index (κ3) is 3.55. The lowest BCUT2D eigenvalue weighted by atomic mass is 10.2. The first-order chi connectivity index (χ1) is 8.81. The molecule has 0 fully saturated rings. The minimum Gasteiger partial charge on any atom is -0.478 e. The Morgan fingerprint density at radius 3 is 2.53 bits per heavy atom. The van der Waals surface area contributed by atoms with Crippen LogP contribution in [0.2, 0.25) is 0 Å². The van der Waals surface area contributed by atoms with Crippen LogP contribution in [0.4, 0.5) is 0 Å². The number of sulfonamides is 1. The molecule has 0 aromatic carbocycles. The summed E-state index contributed by atoms with van der Waals surface area (Å²) >= 11 is 0. The van der Waals surface area contributed by atoms with Gasteiger partial charge in [0.25, 0.3) is 0 Å². The summed E-state index contributed by atoms with van der Waals surface area (Å²) in [6, 6.07) is 0. The summed E-state index contributed by atoms with van der Waals surface area (Å²) in [5, 5.41) is 9.06. The molecule has 1 aromatic heterocycles. The summed E-state index contributed by atoms with van der Waals surface area (Å²) in [6.45, 7) is 3.42. The summed E-state index contributed by atoms with van der Waals surface area (Å²) in [7, 11) is -2.39. The molecule has 0 aliphatic carbocycles. The van der Waals surface area contributed by atoms with Gasteiger partial charge in [0.15, 0.2) is 0 Å². The average molecular weight is 291 g/mol. The van der Waals surface area contributed by atoms with Gasteiger partial charge < -0.3 is 14.3 Å². The van der Waals surface area contributed by atoms with Gasteiger partial charge in [0, 0.05) is 20.3 Å². The first-order valence-corrected chi connectivity index (χ1v) is 7.11. The topological polar surface area (TPSA) is 106 Å². The van der Waals surface area contributed by atoms with Crippen molar-refractivity contribution in [3.63, 3.8) is 0 Å². The number of hydrogen-bond donors (Lipinski definition) is 2. The van der Waals surface area contributed by atoms with E-state index in [1.165, 1.54) is 21.0 Å². The predicted molar refractivity (Wildman–Crippen MR) is 66.8 cm³/mol. The molecule has 0 amide bonds. The highest BCUT2D eigenvalue weighted by Crippen LogP contribution is 2.26. The van der Waals surface area contributed by atoms with Crippen molar-refractivity contribution in [2.24, 2.45) is 0 Å². The second-order valence-electron chi connectivity index (χ2n) is 3.97. The van der Waals surface area contributed by atoms with Crippen LogP contribution < -0.4 is 4.72 Å². The van der Waals surface area contributed by atoms with Crippen LogP contribution in [0.5, 0.6) is 0 Å².